The van der Waals surface area contributed by atoms with E-state index in [1.807, 2.05) is 18.2 Å². The lowest BCUT2D eigenvalue weighted by Gasteiger charge is -2.28. The molecule has 2 aromatic heterocycles. The zero-order valence-corrected chi connectivity index (χ0v) is 18.1. The standard InChI is InChI=1S/C26H20F4N4/c27-22-3-1-2-19(12-22)23-9-4-17(13-31-23)15-34-11-10-24-20(16-34)14-32-25(33-24)18-5-7-21(8-6-18)26(28,29)30/h1-9,12-14H,10-11,15-16H2. The minimum absolute atomic E-state index is 0.293. The van der Waals surface area contributed by atoms with Crippen LogP contribution in [0.2, 0.25) is 0 Å². The van der Waals surface area contributed by atoms with Gasteiger partial charge in [0.25, 0.3) is 0 Å². The predicted octanol–water partition coefficient (Wildman–Crippen LogP) is 5.92. The molecule has 0 atom stereocenters. The number of fused-ring (bicyclic) bond motifs is 1. The molecule has 8 heteroatoms. The second-order valence-electron chi connectivity index (χ2n) is 8.26. The number of alkyl halides is 3. The molecule has 34 heavy (non-hydrogen) atoms. The summed E-state index contributed by atoms with van der Waals surface area (Å²) in [6.07, 6.45) is -0.0823. The third kappa shape index (κ3) is 4.82. The summed E-state index contributed by atoms with van der Waals surface area (Å²) < 4.78 is 51.9. The first-order valence-electron chi connectivity index (χ1n) is 10.8. The summed E-state index contributed by atoms with van der Waals surface area (Å²) in [7, 11) is 0. The Kier molecular flexibility index (Phi) is 5.83. The van der Waals surface area contributed by atoms with Crippen molar-refractivity contribution in [3.8, 4) is 22.6 Å². The van der Waals surface area contributed by atoms with Crippen LogP contribution in [0, 0.1) is 5.82 Å². The number of benzene rings is 2. The van der Waals surface area contributed by atoms with E-state index >= 15 is 0 Å². The van der Waals surface area contributed by atoms with E-state index in [2.05, 4.69) is 19.9 Å². The van der Waals surface area contributed by atoms with E-state index in [0.717, 1.165) is 53.2 Å². The lowest BCUT2D eigenvalue weighted by molar-refractivity contribution is -0.137. The minimum Gasteiger partial charge on any atom is -0.294 e. The van der Waals surface area contributed by atoms with Crippen LogP contribution in [0.1, 0.15) is 22.4 Å². The van der Waals surface area contributed by atoms with Gasteiger partial charge in [0, 0.05) is 55.1 Å². The van der Waals surface area contributed by atoms with Gasteiger partial charge >= 0.3 is 6.18 Å². The van der Waals surface area contributed by atoms with E-state index in [9.17, 15) is 17.6 Å². The van der Waals surface area contributed by atoms with Crippen molar-refractivity contribution in [1.29, 1.82) is 0 Å². The van der Waals surface area contributed by atoms with Crippen molar-refractivity contribution < 1.29 is 17.6 Å². The van der Waals surface area contributed by atoms with Gasteiger partial charge in [0.1, 0.15) is 5.82 Å². The zero-order chi connectivity index (χ0) is 23.7. The van der Waals surface area contributed by atoms with Crippen molar-refractivity contribution >= 4 is 0 Å². The van der Waals surface area contributed by atoms with E-state index < -0.39 is 11.7 Å². The molecule has 1 aliphatic rings. The summed E-state index contributed by atoms with van der Waals surface area (Å²) in [6, 6.07) is 15.1. The van der Waals surface area contributed by atoms with E-state index in [1.54, 1.807) is 18.5 Å². The fourth-order valence-corrected chi connectivity index (χ4v) is 4.05. The Morgan fingerprint density at radius 3 is 2.41 bits per heavy atom. The van der Waals surface area contributed by atoms with Gasteiger partial charge in [0.15, 0.2) is 5.82 Å². The van der Waals surface area contributed by atoms with E-state index in [-0.39, 0.29) is 5.82 Å². The maximum absolute atomic E-state index is 13.5. The number of aromatic nitrogens is 3. The molecule has 0 amide bonds. The van der Waals surface area contributed by atoms with Crippen LogP contribution in [-0.2, 0) is 25.7 Å². The van der Waals surface area contributed by atoms with Gasteiger partial charge in [-0.25, -0.2) is 14.4 Å². The van der Waals surface area contributed by atoms with Crippen molar-refractivity contribution in [3.05, 3.63) is 101 Å². The third-order valence-corrected chi connectivity index (χ3v) is 5.83. The molecule has 1 aliphatic heterocycles. The molecule has 0 aliphatic carbocycles. The highest BCUT2D eigenvalue weighted by Gasteiger charge is 2.30. The molecule has 0 radical (unpaired) electrons. The van der Waals surface area contributed by atoms with Crippen LogP contribution < -0.4 is 0 Å². The molecule has 0 unspecified atom stereocenters. The number of nitrogens with zero attached hydrogens (tertiary/aromatic N) is 4. The molecule has 2 aromatic carbocycles. The molecule has 0 bridgehead atoms. The fourth-order valence-electron chi connectivity index (χ4n) is 4.05. The molecule has 5 rings (SSSR count). The zero-order valence-electron chi connectivity index (χ0n) is 18.1. The molecule has 4 aromatic rings. The summed E-state index contributed by atoms with van der Waals surface area (Å²) in [4.78, 5) is 15.7. The SMILES string of the molecule is Fc1cccc(-c2ccc(CN3CCc4nc(-c5ccc(C(F)(F)F)cc5)ncc4C3)cn2)c1. The maximum atomic E-state index is 13.5. The van der Waals surface area contributed by atoms with Crippen LogP contribution in [0.15, 0.2) is 73.1 Å². The average Bonchev–Trinajstić information content (AvgIpc) is 2.84. The summed E-state index contributed by atoms with van der Waals surface area (Å²) in [5.74, 6) is 0.136. The van der Waals surface area contributed by atoms with Gasteiger partial charge in [0.05, 0.1) is 17.0 Å². The smallest absolute Gasteiger partial charge is 0.294 e. The highest BCUT2D eigenvalue weighted by Crippen LogP contribution is 2.31. The monoisotopic (exact) mass is 464 g/mol. The van der Waals surface area contributed by atoms with Crippen molar-refractivity contribution in [3.63, 3.8) is 0 Å². The largest absolute Gasteiger partial charge is 0.416 e. The highest BCUT2D eigenvalue weighted by molar-refractivity contribution is 5.59. The Hall–Kier alpha value is -3.65. The Balaban J connectivity index is 1.26. The lowest BCUT2D eigenvalue weighted by atomic mass is 10.1. The second-order valence-corrected chi connectivity index (χ2v) is 8.26. The van der Waals surface area contributed by atoms with Crippen LogP contribution in [0.4, 0.5) is 17.6 Å². The Morgan fingerprint density at radius 2 is 1.71 bits per heavy atom. The van der Waals surface area contributed by atoms with Crippen LogP contribution in [-0.4, -0.2) is 26.4 Å². The number of hydrogen-bond donors (Lipinski definition) is 0. The first-order valence-corrected chi connectivity index (χ1v) is 10.8. The third-order valence-electron chi connectivity index (χ3n) is 5.83. The Bertz CT molecular complexity index is 1300. The van der Waals surface area contributed by atoms with Gasteiger partial charge in [0.2, 0.25) is 0 Å². The minimum atomic E-state index is -4.37. The molecule has 4 nitrogen and oxygen atoms in total. The van der Waals surface area contributed by atoms with Crippen LogP contribution in [0.5, 0.6) is 0 Å². The van der Waals surface area contributed by atoms with Crippen LogP contribution >= 0.6 is 0 Å². The van der Waals surface area contributed by atoms with Gasteiger partial charge in [-0.15, -0.1) is 0 Å². The first-order chi connectivity index (χ1) is 16.3. The molecule has 172 valence electrons. The quantitative estimate of drug-likeness (QED) is 0.352. The molecular weight excluding hydrogens is 444 g/mol. The number of hydrogen-bond acceptors (Lipinski definition) is 4. The average molecular weight is 464 g/mol. The van der Waals surface area contributed by atoms with Gasteiger partial charge in [-0.3, -0.25) is 9.88 Å². The van der Waals surface area contributed by atoms with Gasteiger partial charge in [-0.2, -0.15) is 13.2 Å². The first kappa shape index (κ1) is 22.2. The summed E-state index contributed by atoms with van der Waals surface area (Å²) in [6.45, 7) is 2.17. The normalized spacial score (nSPS) is 14.1. The van der Waals surface area contributed by atoms with Gasteiger partial charge < -0.3 is 0 Å². The highest BCUT2D eigenvalue weighted by atomic mass is 19.4. The maximum Gasteiger partial charge on any atom is 0.416 e. The summed E-state index contributed by atoms with van der Waals surface area (Å²) >= 11 is 0. The Labute approximate surface area is 194 Å². The van der Waals surface area contributed by atoms with E-state index in [0.29, 0.717) is 24.5 Å². The predicted molar refractivity (Wildman–Crippen MR) is 120 cm³/mol. The van der Waals surface area contributed by atoms with E-state index in [1.165, 1.54) is 24.3 Å². The van der Waals surface area contributed by atoms with Gasteiger partial charge in [-0.05, 0) is 35.9 Å². The molecule has 3 heterocycles. The number of rotatable bonds is 4. The van der Waals surface area contributed by atoms with Crippen LogP contribution in [0.25, 0.3) is 22.6 Å². The fraction of sp³-hybridized carbons (Fsp3) is 0.192. The summed E-state index contributed by atoms with van der Waals surface area (Å²) in [5, 5.41) is 0. The Morgan fingerprint density at radius 1 is 0.882 bits per heavy atom. The van der Waals surface area contributed by atoms with Crippen molar-refractivity contribution in [1.82, 2.24) is 19.9 Å². The van der Waals surface area contributed by atoms with Crippen LogP contribution in [0.3, 0.4) is 0 Å². The van der Waals surface area contributed by atoms with E-state index in [4.69, 9.17) is 0 Å². The molecule has 0 N–H and O–H groups in total. The number of halogens is 4. The van der Waals surface area contributed by atoms with Crippen molar-refractivity contribution in [2.24, 2.45) is 0 Å². The number of pyridine rings is 1. The molecule has 0 fully saturated rings. The molecule has 0 saturated carbocycles. The topological polar surface area (TPSA) is 41.9 Å². The second kappa shape index (κ2) is 8.95. The van der Waals surface area contributed by atoms with Gasteiger partial charge in [-0.1, -0.05) is 30.3 Å². The molecular formula is C26H20F4N4. The summed E-state index contributed by atoms with van der Waals surface area (Å²) in [5.41, 5.74) is 4.29. The molecule has 0 saturated heterocycles. The molecule has 0 spiro atoms. The van der Waals surface area contributed by atoms with Crippen molar-refractivity contribution in [2.75, 3.05) is 6.54 Å². The lowest BCUT2D eigenvalue weighted by Crippen LogP contribution is -2.31. The van der Waals surface area contributed by atoms with Crippen molar-refractivity contribution in [2.45, 2.75) is 25.7 Å².